The molecule has 0 fully saturated rings. The largest absolute Gasteiger partial charge is 0.355 e. The zero-order chi connectivity index (χ0) is 17.6. The molecule has 0 N–H and O–H groups in total. The number of hydrogen-bond acceptors (Lipinski definition) is 4. The van der Waals surface area contributed by atoms with Gasteiger partial charge in [-0.25, -0.2) is 18.7 Å². The van der Waals surface area contributed by atoms with Gasteiger partial charge in [0.15, 0.2) is 16.6 Å². The minimum atomic E-state index is -0.728. The van der Waals surface area contributed by atoms with E-state index in [9.17, 15) is 9.18 Å². The summed E-state index contributed by atoms with van der Waals surface area (Å²) in [4.78, 5) is 24.5. The van der Waals surface area contributed by atoms with Crippen LogP contribution >= 0.6 is 23.2 Å². The maximum atomic E-state index is 13.8. The minimum Gasteiger partial charge on any atom is -0.264 e. The normalized spacial score (nSPS) is 11.5. The van der Waals surface area contributed by atoms with E-state index in [1.54, 1.807) is 12.4 Å². The van der Waals surface area contributed by atoms with Gasteiger partial charge in [-0.2, -0.15) is 4.98 Å². The molecule has 0 bridgehead atoms. The number of pyridine rings is 2. The molecule has 0 radical (unpaired) electrons. The van der Waals surface area contributed by atoms with Gasteiger partial charge in [0.25, 0.3) is 0 Å². The lowest BCUT2D eigenvalue weighted by molar-refractivity contribution is 0.624. The average molecular weight is 367 g/mol. The highest BCUT2D eigenvalue weighted by atomic mass is 35.5. The van der Waals surface area contributed by atoms with E-state index in [1.165, 1.54) is 4.57 Å². The quantitative estimate of drug-likeness (QED) is 0.506. The molecule has 5 nitrogen and oxygen atoms in total. The number of aromatic nitrogens is 4. The topological polar surface area (TPSA) is 60.7 Å². The maximum Gasteiger partial charge on any atom is 0.355 e. The van der Waals surface area contributed by atoms with Crippen molar-refractivity contribution in [3.63, 3.8) is 0 Å². The molecule has 3 aromatic heterocycles. The van der Waals surface area contributed by atoms with Crippen LogP contribution in [0.3, 0.4) is 0 Å². The summed E-state index contributed by atoms with van der Waals surface area (Å²) in [6, 6.07) is 1.13. The average Bonchev–Trinajstić information content (AvgIpc) is 2.50. The van der Waals surface area contributed by atoms with Crippen molar-refractivity contribution in [1.82, 2.24) is 19.5 Å². The number of hydrogen-bond donors (Lipinski definition) is 0. The Labute approximate surface area is 147 Å². The van der Waals surface area contributed by atoms with Crippen LogP contribution in [-0.2, 0) is 0 Å². The van der Waals surface area contributed by atoms with E-state index in [2.05, 4.69) is 15.0 Å². The van der Waals surface area contributed by atoms with Crippen LogP contribution in [0.15, 0.2) is 23.3 Å². The Hall–Kier alpha value is -2.05. The van der Waals surface area contributed by atoms with Crippen LogP contribution in [-0.4, -0.2) is 19.5 Å². The molecule has 0 saturated heterocycles. The van der Waals surface area contributed by atoms with Crippen molar-refractivity contribution >= 4 is 34.2 Å². The first kappa shape index (κ1) is 16.8. The highest BCUT2D eigenvalue weighted by Gasteiger charge is 2.20. The molecule has 0 unspecified atom stereocenters. The van der Waals surface area contributed by atoms with Gasteiger partial charge in [-0.05, 0) is 30.0 Å². The van der Waals surface area contributed by atoms with E-state index >= 15 is 0 Å². The van der Waals surface area contributed by atoms with Crippen molar-refractivity contribution in [2.45, 2.75) is 26.7 Å². The number of rotatable bonds is 2. The van der Waals surface area contributed by atoms with Crippen molar-refractivity contribution in [3.05, 3.63) is 56.2 Å². The third-order valence-corrected chi connectivity index (χ3v) is 4.26. The molecule has 3 heterocycles. The molecule has 0 amide bonds. The van der Waals surface area contributed by atoms with Gasteiger partial charge in [-0.1, -0.05) is 37.0 Å². The van der Waals surface area contributed by atoms with Gasteiger partial charge < -0.3 is 0 Å². The lowest BCUT2D eigenvalue weighted by atomic mass is 10.0. The molecular weight excluding hydrogens is 354 g/mol. The van der Waals surface area contributed by atoms with Gasteiger partial charge in [-0.3, -0.25) is 4.98 Å². The molecule has 0 atom stereocenters. The van der Waals surface area contributed by atoms with E-state index in [0.29, 0.717) is 5.69 Å². The second kappa shape index (κ2) is 6.11. The van der Waals surface area contributed by atoms with Crippen molar-refractivity contribution in [1.29, 1.82) is 0 Å². The van der Waals surface area contributed by atoms with Crippen LogP contribution in [0.25, 0.3) is 16.7 Å². The Morgan fingerprint density at radius 1 is 1.17 bits per heavy atom. The first-order valence-electron chi connectivity index (χ1n) is 7.20. The monoisotopic (exact) mass is 366 g/mol. The zero-order valence-corrected chi connectivity index (χ0v) is 14.7. The second-order valence-electron chi connectivity index (χ2n) is 5.70. The van der Waals surface area contributed by atoms with Gasteiger partial charge in [0.2, 0.25) is 0 Å². The van der Waals surface area contributed by atoms with E-state index in [-0.39, 0.29) is 27.3 Å². The highest BCUT2D eigenvalue weighted by Crippen LogP contribution is 2.29. The van der Waals surface area contributed by atoms with Gasteiger partial charge in [0.05, 0.1) is 11.1 Å². The number of aryl methyl sites for hydroxylation is 1. The summed E-state index contributed by atoms with van der Waals surface area (Å²) in [6.07, 6.45) is 3.32. The summed E-state index contributed by atoms with van der Waals surface area (Å²) < 4.78 is 15.1. The summed E-state index contributed by atoms with van der Waals surface area (Å²) in [5, 5.41) is -0.244. The second-order valence-corrected chi connectivity index (χ2v) is 6.42. The molecule has 0 spiro atoms. The van der Waals surface area contributed by atoms with Crippen molar-refractivity contribution in [3.8, 4) is 5.69 Å². The molecule has 8 heteroatoms. The van der Waals surface area contributed by atoms with Crippen LogP contribution in [0.1, 0.15) is 30.9 Å². The van der Waals surface area contributed by atoms with E-state index < -0.39 is 11.5 Å². The fourth-order valence-corrected chi connectivity index (χ4v) is 2.92. The first-order chi connectivity index (χ1) is 11.3. The summed E-state index contributed by atoms with van der Waals surface area (Å²) >= 11 is 11.8. The van der Waals surface area contributed by atoms with Crippen LogP contribution in [0.2, 0.25) is 10.3 Å². The molecule has 0 aliphatic carbocycles. The maximum absolute atomic E-state index is 13.8. The molecule has 0 saturated carbocycles. The summed E-state index contributed by atoms with van der Waals surface area (Å²) in [5.74, 6) is -0.630. The standard InChI is InChI=1S/C16H13Cl2FN4O/c1-7(2)10-6-20-5-8(3)12(10)23-15-9(13(17)22-16(23)24)4-11(19)14(18)21-15/h4-7H,1-3H3. The third kappa shape index (κ3) is 2.65. The zero-order valence-electron chi connectivity index (χ0n) is 13.1. The van der Waals surface area contributed by atoms with Crippen molar-refractivity contribution in [2.75, 3.05) is 0 Å². The lowest BCUT2D eigenvalue weighted by Crippen LogP contribution is -2.25. The van der Waals surface area contributed by atoms with Crippen LogP contribution < -0.4 is 5.69 Å². The predicted octanol–water partition coefficient (Wildman–Crippen LogP) is 4.05. The molecular formula is C16H13Cl2FN4O. The summed E-state index contributed by atoms with van der Waals surface area (Å²) in [7, 11) is 0. The van der Waals surface area contributed by atoms with Gasteiger partial charge in [0, 0.05) is 12.4 Å². The van der Waals surface area contributed by atoms with Crippen LogP contribution in [0.5, 0.6) is 0 Å². The van der Waals surface area contributed by atoms with E-state index in [1.807, 2.05) is 20.8 Å². The first-order valence-corrected chi connectivity index (χ1v) is 7.96. The molecule has 124 valence electrons. The molecule has 0 aromatic carbocycles. The molecule has 0 aliphatic rings. The third-order valence-electron chi connectivity index (χ3n) is 3.71. The summed E-state index contributed by atoms with van der Waals surface area (Å²) in [6.45, 7) is 5.79. The fraction of sp³-hybridized carbons (Fsp3) is 0.250. The van der Waals surface area contributed by atoms with Gasteiger partial charge in [0.1, 0.15) is 5.15 Å². The Morgan fingerprint density at radius 2 is 1.88 bits per heavy atom. The van der Waals surface area contributed by atoms with Gasteiger partial charge in [-0.15, -0.1) is 0 Å². The van der Waals surface area contributed by atoms with Crippen molar-refractivity contribution < 1.29 is 4.39 Å². The number of halogens is 3. The molecule has 0 aliphatic heterocycles. The Balaban J connectivity index is 2.53. The number of nitrogens with zero attached hydrogens (tertiary/aromatic N) is 4. The summed E-state index contributed by atoms with van der Waals surface area (Å²) in [5.41, 5.74) is 1.75. The van der Waals surface area contributed by atoms with E-state index in [4.69, 9.17) is 23.2 Å². The van der Waals surface area contributed by atoms with Crippen LogP contribution in [0.4, 0.5) is 4.39 Å². The SMILES string of the molecule is Cc1cncc(C(C)C)c1-n1c(=O)nc(Cl)c2cc(F)c(Cl)nc21. The van der Waals surface area contributed by atoms with Crippen molar-refractivity contribution in [2.24, 2.45) is 0 Å². The smallest absolute Gasteiger partial charge is 0.264 e. The van der Waals surface area contributed by atoms with Gasteiger partial charge >= 0.3 is 5.69 Å². The Bertz CT molecular complexity index is 1020. The molecule has 24 heavy (non-hydrogen) atoms. The number of fused-ring (bicyclic) bond motifs is 1. The Kier molecular flexibility index (Phi) is 4.27. The highest BCUT2D eigenvalue weighted by molar-refractivity contribution is 6.34. The molecule has 3 rings (SSSR count). The lowest BCUT2D eigenvalue weighted by Gasteiger charge is -2.18. The Morgan fingerprint density at radius 3 is 2.54 bits per heavy atom. The van der Waals surface area contributed by atoms with Crippen LogP contribution in [0, 0.1) is 12.7 Å². The minimum absolute atomic E-state index is 0.0981. The predicted molar refractivity (Wildman–Crippen MR) is 91.7 cm³/mol. The fourth-order valence-electron chi connectivity index (χ4n) is 2.57. The van der Waals surface area contributed by atoms with E-state index in [0.717, 1.165) is 17.2 Å². The molecule has 3 aromatic rings.